The van der Waals surface area contributed by atoms with E-state index in [2.05, 4.69) is 10.6 Å². The number of amides is 4. The van der Waals surface area contributed by atoms with Gasteiger partial charge < -0.3 is 20.1 Å². The molecular formula is C24H30N4O5. The minimum atomic E-state index is -0.431. The summed E-state index contributed by atoms with van der Waals surface area (Å²) < 4.78 is 10.7. The Balaban J connectivity index is 1.67. The monoisotopic (exact) mass is 454 g/mol. The number of anilines is 3. The van der Waals surface area contributed by atoms with E-state index in [4.69, 9.17) is 9.47 Å². The van der Waals surface area contributed by atoms with Crippen LogP contribution in [-0.4, -0.2) is 57.3 Å². The molecule has 33 heavy (non-hydrogen) atoms. The molecule has 1 heterocycles. The minimum absolute atomic E-state index is 0.112. The van der Waals surface area contributed by atoms with Crippen molar-refractivity contribution < 1.29 is 23.9 Å². The SMILES string of the molecule is CCOCCCNC(=O)CN1C(=O)CN(C(=O)Nc2ccc(OCC)cc2)c2ccccc21. The molecule has 176 valence electrons. The molecule has 0 radical (unpaired) electrons. The lowest BCUT2D eigenvalue weighted by Crippen LogP contribution is -2.52. The normalized spacial score (nSPS) is 12.8. The highest BCUT2D eigenvalue weighted by Crippen LogP contribution is 2.33. The van der Waals surface area contributed by atoms with Crippen molar-refractivity contribution in [3.63, 3.8) is 0 Å². The molecule has 9 heteroatoms. The van der Waals surface area contributed by atoms with Crippen LogP contribution in [0.25, 0.3) is 0 Å². The minimum Gasteiger partial charge on any atom is -0.494 e. The van der Waals surface area contributed by atoms with E-state index in [-0.39, 0.29) is 24.9 Å². The van der Waals surface area contributed by atoms with Gasteiger partial charge in [-0.2, -0.15) is 0 Å². The van der Waals surface area contributed by atoms with E-state index in [1.54, 1.807) is 48.5 Å². The molecule has 1 aliphatic rings. The third-order valence-electron chi connectivity index (χ3n) is 5.01. The fourth-order valence-electron chi connectivity index (χ4n) is 3.45. The molecule has 3 rings (SSSR count). The average molecular weight is 455 g/mol. The lowest BCUT2D eigenvalue weighted by molar-refractivity contribution is -0.123. The van der Waals surface area contributed by atoms with Gasteiger partial charge in [-0.1, -0.05) is 12.1 Å². The Bertz CT molecular complexity index is 964. The summed E-state index contributed by atoms with van der Waals surface area (Å²) in [5, 5.41) is 5.62. The molecule has 0 saturated carbocycles. The van der Waals surface area contributed by atoms with Crippen LogP contribution in [0.4, 0.5) is 21.9 Å². The van der Waals surface area contributed by atoms with Crippen molar-refractivity contribution in [2.24, 2.45) is 0 Å². The average Bonchev–Trinajstić information content (AvgIpc) is 2.82. The number of nitrogens with zero attached hydrogens (tertiary/aromatic N) is 2. The van der Waals surface area contributed by atoms with Crippen molar-refractivity contribution in [3.05, 3.63) is 48.5 Å². The fourth-order valence-corrected chi connectivity index (χ4v) is 3.45. The maximum absolute atomic E-state index is 13.0. The van der Waals surface area contributed by atoms with Crippen LogP contribution in [0.2, 0.25) is 0 Å². The maximum atomic E-state index is 13.0. The van der Waals surface area contributed by atoms with E-state index in [0.717, 1.165) is 0 Å². The largest absolute Gasteiger partial charge is 0.494 e. The molecule has 9 nitrogen and oxygen atoms in total. The number of rotatable bonds is 10. The molecule has 1 aliphatic heterocycles. The van der Waals surface area contributed by atoms with Crippen LogP contribution < -0.4 is 25.2 Å². The zero-order valence-corrected chi connectivity index (χ0v) is 19.0. The van der Waals surface area contributed by atoms with Crippen molar-refractivity contribution in [1.82, 2.24) is 5.32 Å². The molecule has 0 fully saturated rings. The van der Waals surface area contributed by atoms with Gasteiger partial charge >= 0.3 is 6.03 Å². The number of nitrogens with one attached hydrogen (secondary N) is 2. The Labute approximate surface area is 193 Å². The van der Waals surface area contributed by atoms with Crippen molar-refractivity contribution in [2.45, 2.75) is 20.3 Å². The Morgan fingerprint density at radius 1 is 1.00 bits per heavy atom. The van der Waals surface area contributed by atoms with Crippen LogP contribution in [0.15, 0.2) is 48.5 Å². The van der Waals surface area contributed by atoms with Crippen molar-refractivity contribution in [1.29, 1.82) is 0 Å². The predicted octanol–water partition coefficient (Wildman–Crippen LogP) is 3.01. The van der Waals surface area contributed by atoms with Crippen molar-refractivity contribution >= 4 is 34.9 Å². The molecule has 0 aromatic heterocycles. The maximum Gasteiger partial charge on any atom is 0.326 e. The van der Waals surface area contributed by atoms with Gasteiger partial charge in [0.1, 0.15) is 18.8 Å². The second-order valence-corrected chi connectivity index (χ2v) is 7.34. The summed E-state index contributed by atoms with van der Waals surface area (Å²) in [4.78, 5) is 41.0. The molecular weight excluding hydrogens is 424 g/mol. The third kappa shape index (κ3) is 6.45. The predicted molar refractivity (Wildman–Crippen MR) is 127 cm³/mol. The number of urea groups is 1. The first-order valence-electron chi connectivity index (χ1n) is 11.1. The van der Waals surface area contributed by atoms with Gasteiger partial charge in [-0.15, -0.1) is 0 Å². The Hall–Kier alpha value is -3.59. The summed E-state index contributed by atoms with van der Waals surface area (Å²) in [5.74, 6) is 0.114. The van der Waals surface area contributed by atoms with E-state index in [0.29, 0.717) is 55.6 Å². The summed E-state index contributed by atoms with van der Waals surface area (Å²) in [6, 6.07) is 13.6. The number of benzene rings is 2. The van der Waals surface area contributed by atoms with Crippen molar-refractivity contribution in [2.75, 3.05) is 54.6 Å². The number of para-hydroxylation sites is 2. The number of hydrogen-bond donors (Lipinski definition) is 2. The molecule has 0 aliphatic carbocycles. The summed E-state index contributed by atoms with van der Waals surface area (Å²) in [5.41, 5.74) is 1.66. The van der Waals surface area contributed by atoms with E-state index >= 15 is 0 Å². The van der Waals surface area contributed by atoms with E-state index in [1.807, 2.05) is 13.8 Å². The Morgan fingerprint density at radius 2 is 1.73 bits per heavy atom. The quantitative estimate of drug-likeness (QED) is 0.538. The smallest absolute Gasteiger partial charge is 0.326 e. The Morgan fingerprint density at radius 3 is 2.42 bits per heavy atom. The van der Waals surface area contributed by atoms with Gasteiger partial charge in [0.05, 0.1) is 18.0 Å². The van der Waals surface area contributed by atoms with Gasteiger partial charge in [-0.05, 0) is 56.7 Å². The first-order chi connectivity index (χ1) is 16.0. The summed E-state index contributed by atoms with van der Waals surface area (Å²) in [7, 11) is 0. The first-order valence-corrected chi connectivity index (χ1v) is 11.1. The second-order valence-electron chi connectivity index (χ2n) is 7.34. The summed E-state index contributed by atoms with van der Waals surface area (Å²) >= 11 is 0. The van der Waals surface area contributed by atoms with Crippen LogP contribution in [0.5, 0.6) is 5.75 Å². The van der Waals surface area contributed by atoms with Crippen LogP contribution in [0.3, 0.4) is 0 Å². The zero-order valence-electron chi connectivity index (χ0n) is 19.0. The molecule has 2 N–H and O–H groups in total. The van der Waals surface area contributed by atoms with E-state index in [1.165, 1.54) is 9.80 Å². The topological polar surface area (TPSA) is 100 Å². The van der Waals surface area contributed by atoms with Gasteiger partial charge in [-0.25, -0.2) is 4.79 Å². The van der Waals surface area contributed by atoms with Crippen LogP contribution in [0, 0.1) is 0 Å². The number of hydrogen-bond acceptors (Lipinski definition) is 5. The fraction of sp³-hybridized carbons (Fsp3) is 0.375. The second kappa shape index (κ2) is 11.9. The lowest BCUT2D eigenvalue weighted by atomic mass is 10.1. The highest BCUT2D eigenvalue weighted by molar-refractivity contribution is 6.15. The Kier molecular flexibility index (Phi) is 8.65. The van der Waals surface area contributed by atoms with Crippen LogP contribution in [0.1, 0.15) is 20.3 Å². The third-order valence-corrected chi connectivity index (χ3v) is 5.01. The standard InChI is InChI=1S/C24H30N4O5/c1-3-32-15-7-14-25-22(29)16-27-20-8-5-6-9-21(20)28(17-23(27)30)24(31)26-18-10-12-19(13-11-18)33-4-2/h5-6,8-13H,3-4,7,14-17H2,1-2H3,(H,25,29)(H,26,31). The first kappa shape index (κ1) is 24.1. The van der Waals surface area contributed by atoms with Gasteiger partial charge in [0, 0.05) is 25.4 Å². The summed E-state index contributed by atoms with van der Waals surface area (Å²) in [6.07, 6.45) is 0.698. The van der Waals surface area contributed by atoms with Gasteiger partial charge in [0.2, 0.25) is 11.8 Å². The van der Waals surface area contributed by atoms with Gasteiger partial charge in [-0.3, -0.25) is 19.4 Å². The van der Waals surface area contributed by atoms with Crippen LogP contribution in [-0.2, 0) is 14.3 Å². The molecule has 0 spiro atoms. The molecule has 0 saturated heterocycles. The number of ether oxygens (including phenoxy) is 2. The number of fused-ring (bicyclic) bond motifs is 1. The molecule has 0 atom stereocenters. The summed E-state index contributed by atoms with van der Waals surface area (Å²) in [6.45, 7) is 5.77. The lowest BCUT2D eigenvalue weighted by Gasteiger charge is -2.35. The van der Waals surface area contributed by atoms with E-state index < -0.39 is 6.03 Å². The van der Waals surface area contributed by atoms with Crippen molar-refractivity contribution in [3.8, 4) is 5.75 Å². The van der Waals surface area contributed by atoms with Gasteiger partial charge in [0.15, 0.2) is 0 Å². The van der Waals surface area contributed by atoms with Crippen LogP contribution >= 0.6 is 0 Å². The molecule has 0 unspecified atom stereocenters. The molecule has 4 amide bonds. The molecule has 2 aromatic carbocycles. The van der Waals surface area contributed by atoms with E-state index in [9.17, 15) is 14.4 Å². The molecule has 2 aromatic rings. The zero-order chi connectivity index (χ0) is 23.6. The highest BCUT2D eigenvalue weighted by Gasteiger charge is 2.33. The number of carbonyl (C=O) groups is 3. The highest BCUT2D eigenvalue weighted by atomic mass is 16.5. The molecule has 0 bridgehead atoms. The van der Waals surface area contributed by atoms with Gasteiger partial charge in [0.25, 0.3) is 0 Å². The number of carbonyl (C=O) groups excluding carboxylic acids is 3.